The number of carbonyl (C=O) groups is 1. The Hall–Kier alpha value is -0.750. The number of rotatable bonds is 4. The van der Waals surface area contributed by atoms with Gasteiger partial charge in [0.15, 0.2) is 0 Å². The lowest BCUT2D eigenvalue weighted by Crippen LogP contribution is -2.57. The molecule has 0 aliphatic carbocycles. The lowest BCUT2D eigenvalue weighted by Gasteiger charge is -2.40. The fraction of sp³-hybridized carbons (Fsp3) is 0.923. The molecular formula is C13H22F2N2O2. The van der Waals surface area contributed by atoms with Crippen LogP contribution in [0, 0.1) is 0 Å². The number of piperazine rings is 1. The van der Waals surface area contributed by atoms with Crippen molar-refractivity contribution < 1.29 is 18.3 Å². The largest absolute Gasteiger partial charge is 0.456 e. The molecule has 0 saturated carbocycles. The van der Waals surface area contributed by atoms with E-state index in [4.69, 9.17) is 4.74 Å². The van der Waals surface area contributed by atoms with Crippen LogP contribution in [-0.2, 0) is 9.53 Å². The van der Waals surface area contributed by atoms with Crippen molar-refractivity contribution in [3.63, 3.8) is 0 Å². The van der Waals surface area contributed by atoms with Gasteiger partial charge in [0.1, 0.15) is 6.10 Å². The Bertz CT molecular complexity index is 339. The second-order valence-electron chi connectivity index (χ2n) is 5.47. The van der Waals surface area contributed by atoms with Crippen LogP contribution in [0.3, 0.4) is 0 Å². The fourth-order valence-electron chi connectivity index (χ4n) is 2.84. The van der Waals surface area contributed by atoms with Crippen LogP contribution in [0.4, 0.5) is 8.78 Å². The molecule has 3 unspecified atom stereocenters. The van der Waals surface area contributed by atoms with Gasteiger partial charge in [-0.05, 0) is 12.8 Å². The summed E-state index contributed by atoms with van der Waals surface area (Å²) in [5.41, 5.74) is 0. The van der Waals surface area contributed by atoms with Gasteiger partial charge in [0.05, 0.1) is 6.42 Å². The Kier molecular flexibility index (Phi) is 4.40. The van der Waals surface area contributed by atoms with Gasteiger partial charge in [-0.25, -0.2) is 4.79 Å². The molecule has 3 atom stereocenters. The number of esters is 1. The number of cyclic esters (lactones) is 1. The molecule has 0 aromatic heterocycles. The SMILES string of the molecule is CCC1CN(CC2CC(F)(F)C(=O)O2)C(CC)CN1. The molecule has 4 nitrogen and oxygen atoms in total. The molecule has 0 bridgehead atoms. The topological polar surface area (TPSA) is 41.6 Å². The highest BCUT2D eigenvalue weighted by Gasteiger charge is 2.51. The first-order valence-corrected chi connectivity index (χ1v) is 7.02. The maximum absolute atomic E-state index is 13.2. The van der Waals surface area contributed by atoms with Crippen LogP contribution < -0.4 is 5.32 Å². The Labute approximate surface area is 112 Å². The van der Waals surface area contributed by atoms with E-state index in [9.17, 15) is 13.6 Å². The highest BCUT2D eigenvalue weighted by Crippen LogP contribution is 2.31. The monoisotopic (exact) mass is 276 g/mol. The number of hydrogen-bond acceptors (Lipinski definition) is 4. The molecule has 0 radical (unpaired) electrons. The summed E-state index contributed by atoms with van der Waals surface area (Å²) >= 11 is 0. The third-order valence-electron chi connectivity index (χ3n) is 4.07. The van der Waals surface area contributed by atoms with Crippen LogP contribution in [0.25, 0.3) is 0 Å². The molecule has 110 valence electrons. The molecule has 0 aromatic carbocycles. The summed E-state index contributed by atoms with van der Waals surface area (Å²) in [6, 6.07) is 0.719. The number of hydrogen-bond donors (Lipinski definition) is 1. The molecule has 1 N–H and O–H groups in total. The van der Waals surface area contributed by atoms with E-state index in [1.165, 1.54) is 0 Å². The molecule has 2 aliphatic rings. The van der Waals surface area contributed by atoms with Gasteiger partial charge in [0.25, 0.3) is 0 Å². The number of ether oxygens (including phenoxy) is 1. The van der Waals surface area contributed by atoms with E-state index in [0.29, 0.717) is 18.6 Å². The third kappa shape index (κ3) is 3.23. The number of alkyl halides is 2. The number of halogens is 2. The molecule has 6 heteroatoms. The lowest BCUT2D eigenvalue weighted by molar-refractivity contribution is -0.159. The van der Waals surface area contributed by atoms with Crippen LogP contribution in [0.15, 0.2) is 0 Å². The van der Waals surface area contributed by atoms with Gasteiger partial charge in [-0.15, -0.1) is 0 Å². The van der Waals surface area contributed by atoms with Gasteiger partial charge < -0.3 is 10.1 Å². The molecule has 0 aromatic rings. The van der Waals surface area contributed by atoms with E-state index >= 15 is 0 Å². The van der Waals surface area contributed by atoms with Crippen LogP contribution in [-0.4, -0.2) is 54.6 Å². The van der Waals surface area contributed by atoms with E-state index in [1.807, 2.05) is 0 Å². The summed E-state index contributed by atoms with van der Waals surface area (Å²) in [4.78, 5) is 13.2. The Balaban J connectivity index is 1.94. The van der Waals surface area contributed by atoms with Crippen molar-refractivity contribution in [2.24, 2.45) is 0 Å². The van der Waals surface area contributed by atoms with Gasteiger partial charge in [-0.2, -0.15) is 8.78 Å². The van der Waals surface area contributed by atoms with Gasteiger partial charge in [-0.1, -0.05) is 13.8 Å². The zero-order chi connectivity index (χ0) is 14.0. The lowest BCUT2D eigenvalue weighted by atomic mass is 10.0. The first-order valence-electron chi connectivity index (χ1n) is 7.02. The highest BCUT2D eigenvalue weighted by molar-refractivity contribution is 5.79. The van der Waals surface area contributed by atoms with Crippen LogP contribution in [0.1, 0.15) is 33.1 Å². The highest BCUT2D eigenvalue weighted by atomic mass is 19.3. The predicted molar refractivity (Wildman–Crippen MR) is 67.2 cm³/mol. The first-order chi connectivity index (χ1) is 8.96. The molecule has 2 aliphatic heterocycles. The van der Waals surface area contributed by atoms with Crippen molar-refractivity contribution in [1.29, 1.82) is 0 Å². The average Bonchev–Trinajstić information content (AvgIpc) is 2.62. The van der Waals surface area contributed by atoms with Crippen molar-refractivity contribution in [1.82, 2.24) is 10.2 Å². The minimum Gasteiger partial charge on any atom is -0.456 e. The summed E-state index contributed by atoms with van der Waals surface area (Å²) in [7, 11) is 0. The molecule has 19 heavy (non-hydrogen) atoms. The predicted octanol–water partition coefficient (Wildman–Crippen LogP) is 1.40. The van der Waals surface area contributed by atoms with E-state index in [2.05, 4.69) is 24.1 Å². The molecule has 0 amide bonds. The van der Waals surface area contributed by atoms with Gasteiger partial charge in [-0.3, -0.25) is 4.90 Å². The van der Waals surface area contributed by atoms with E-state index in [0.717, 1.165) is 25.9 Å². The maximum Gasteiger partial charge on any atom is 0.377 e. The van der Waals surface area contributed by atoms with Crippen molar-refractivity contribution in [3.05, 3.63) is 0 Å². The summed E-state index contributed by atoms with van der Waals surface area (Å²) < 4.78 is 31.1. The van der Waals surface area contributed by atoms with Gasteiger partial charge >= 0.3 is 11.9 Å². The second kappa shape index (κ2) is 5.71. The quantitative estimate of drug-likeness (QED) is 0.788. The third-order valence-corrected chi connectivity index (χ3v) is 4.07. The number of carbonyl (C=O) groups excluding carboxylic acids is 1. The Morgan fingerprint density at radius 2 is 2.16 bits per heavy atom. The number of nitrogens with zero attached hydrogens (tertiary/aromatic N) is 1. The van der Waals surface area contributed by atoms with Gasteiger partial charge in [0.2, 0.25) is 0 Å². The van der Waals surface area contributed by atoms with Gasteiger partial charge in [0, 0.05) is 31.7 Å². The standard InChI is InChI=1S/C13H22F2N2O2/c1-3-9-7-17(10(4-2)6-16-9)8-11-5-13(14,15)12(18)19-11/h9-11,16H,3-8H2,1-2H3. The average molecular weight is 276 g/mol. The Morgan fingerprint density at radius 3 is 2.68 bits per heavy atom. The smallest absolute Gasteiger partial charge is 0.377 e. The molecule has 2 saturated heterocycles. The van der Waals surface area contributed by atoms with Crippen molar-refractivity contribution in [2.75, 3.05) is 19.6 Å². The Morgan fingerprint density at radius 1 is 1.42 bits per heavy atom. The summed E-state index contributed by atoms with van der Waals surface area (Å²) in [6.07, 6.45) is 0.809. The fourth-order valence-corrected chi connectivity index (χ4v) is 2.84. The van der Waals surface area contributed by atoms with Crippen molar-refractivity contribution in [2.45, 2.75) is 57.2 Å². The number of nitrogens with one attached hydrogen (secondary N) is 1. The minimum atomic E-state index is -3.30. The molecule has 2 heterocycles. The van der Waals surface area contributed by atoms with E-state index in [-0.39, 0.29) is 0 Å². The van der Waals surface area contributed by atoms with Crippen LogP contribution in [0.2, 0.25) is 0 Å². The normalized spacial score (nSPS) is 35.4. The summed E-state index contributed by atoms with van der Waals surface area (Å²) in [5, 5.41) is 3.45. The summed E-state index contributed by atoms with van der Waals surface area (Å²) in [6.45, 7) is 6.30. The van der Waals surface area contributed by atoms with Crippen LogP contribution >= 0.6 is 0 Å². The molecular weight excluding hydrogens is 254 g/mol. The minimum absolute atomic E-state index is 0.329. The zero-order valence-electron chi connectivity index (χ0n) is 11.5. The molecule has 2 fully saturated rings. The zero-order valence-corrected chi connectivity index (χ0v) is 11.5. The van der Waals surface area contributed by atoms with Crippen molar-refractivity contribution in [3.8, 4) is 0 Å². The first kappa shape index (κ1) is 14.7. The summed E-state index contributed by atoms with van der Waals surface area (Å²) in [5.74, 6) is -4.67. The van der Waals surface area contributed by atoms with Crippen LogP contribution in [0.5, 0.6) is 0 Å². The van der Waals surface area contributed by atoms with Crippen molar-refractivity contribution >= 4 is 5.97 Å². The second-order valence-corrected chi connectivity index (χ2v) is 5.47. The molecule has 0 spiro atoms. The molecule has 2 rings (SSSR count). The van der Waals surface area contributed by atoms with E-state index < -0.39 is 24.4 Å². The maximum atomic E-state index is 13.2. The van der Waals surface area contributed by atoms with E-state index in [1.54, 1.807) is 0 Å².